The van der Waals surface area contributed by atoms with E-state index in [0.717, 1.165) is 6.07 Å². The summed E-state index contributed by atoms with van der Waals surface area (Å²) in [7, 11) is 1.30. The lowest BCUT2D eigenvalue weighted by molar-refractivity contribution is -0.385. The van der Waals surface area contributed by atoms with Crippen LogP contribution in [0.25, 0.3) is 5.69 Å². The molecule has 0 aliphatic heterocycles. The fraction of sp³-hybridized carbons (Fsp3) is 0.222. The van der Waals surface area contributed by atoms with E-state index in [9.17, 15) is 19.3 Å². The molecule has 12 nitrogen and oxygen atoms in total. The number of nitro benzene ring substituents is 1. The van der Waals surface area contributed by atoms with Crippen molar-refractivity contribution in [1.29, 1.82) is 0 Å². The van der Waals surface area contributed by atoms with Crippen LogP contribution in [0.3, 0.4) is 0 Å². The van der Waals surface area contributed by atoms with Crippen molar-refractivity contribution in [2.24, 2.45) is 0 Å². The van der Waals surface area contributed by atoms with Gasteiger partial charge in [-0.2, -0.15) is 5.10 Å². The fourth-order valence-electron chi connectivity index (χ4n) is 2.75. The Bertz CT molecular complexity index is 1130. The monoisotopic (exact) mass is 432 g/mol. The Morgan fingerprint density at radius 2 is 2.13 bits per heavy atom. The van der Waals surface area contributed by atoms with Crippen LogP contribution >= 0.6 is 0 Å². The quantitative estimate of drug-likeness (QED) is 0.404. The second kappa shape index (κ2) is 9.13. The zero-order chi connectivity index (χ0) is 22.5. The zero-order valence-corrected chi connectivity index (χ0v) is 16.4. The van der Waals surface area contributed by atoms with Crippen molar-refractivity contribution in [2.45, 2.75) is 20.1 Å². The van der Waals surface area contributed by atoms with Crippen molar-refractivity contribution < 1.29 is 28.7 Å². The lowest BCUT2D eigenvalue weighted by atomic mass is 10.1. The SMILES string of the molecule is COc1c(-n2cnc(C)n2)cc(COCc2nc(NC(=O)O)ccc2F)cc1[N+](=O)[O-]. The number of halogens is 1. The van der Waals surface area contributed by atoms with Crippen LogP contribution < -0.4 is 10.1 Å². The van der Waals surface area contributed by atoms with Gasteiger partial charge in [-0.3, -0.25) is 15.4 Å². The molecule has 162 valence electrons. The van der Waals surface area contributed by atoms with Crippen LogP contribution in [0.5, 0.6) is 5.75 Å². The van der Waals surface area contributed by atoms with Crippen LogP contribution in [0.2, 0.25) is 0 Å². The molecule has 0 fully saturated rings. The predicted molar refractivity (Wildman–Crippen MR) is 104 cm³/mol. The summed E-state index contributed by atoms with van der Waals surface area (Å²) in [5, 5.41) is 26.4. The van der Waals surface area contributed by atoms with Gasteiger partial charge in [0.15, 0.2) is 0 Å². The van der Waals surface area contributed by atoms with Crippen molar-refractivity contribution in [2.75, 3.05) is 12.4 Å². The van der Waals surface area contributed by atoms with Crippen molar-refractivity contribution in [1.82, 2.24) is 19.7 Å². The summed E-state index contributed by atoms with van der Waals surface area (Å²) in [5.41, 5.74) is 0.258. The van der Waals surface area contributed by atoms with Gasteiger partial charge in [-0.25, -0.2) is 23.8 Å². The largest absolute Gasteiger partial charge is 0.489 e. The zero-order valence-electron chi connectivity index (χ0n) is 16.4. The van der Waals surface area contributed by atoms with Gasteiger partial charge in [-0.05, 0) is 30.7 Å². The molecule has 2 aromatic heterocycles. The van der Waals surface area contributed by atoms with Gasteiger partial charge in [0, 0.05) is 6.07 Å². The first-order valence-electron chi connectivity index (χ1n) is 8.75. The molecule has 2 heterocycles. The molecule has 3 aromatic rings. The number of nitrogens with zero attached hydrogens (tertiary/aromatic N) is 5. The molecule has 0 radical (unpaired) electrons. The number of carboxylic acid groups (broad SMARTS) is 1. The molecule has 31 heavy (non-hydrogen) atoms. The number of anilines is 1. The van der Waals surface area contributed by atoms with Crippen molar-refractivity contribution in [3.8, 4) is 11.4 Å². The van der Waals surface area contributed by atoms with Crippen LogP contribution in [0, 0.1) is 22.9 Å². The molecule has 0 aliphatic rings. The third kappa shape index (κ3) is 5.08. The summed E-state index contributed by atoms with van der Waals surface area (Å²) in [4.78, 5) is 29.5. The van der Waals surface area contributed by atoms with Gasteiger partial charge < -0.3 is 14.6 Å². The molecular formula is C18H17FN6O6. The number of methoxy groups -OCH3 is 1. The molecule has 1 aromatic carbocycles. The van der Waals surface area contributed by atoms with E-state index in [2.05, 4.69) is 15.1 Å². The number of amides is 1. The molecule has 1 amide bonds. The van der Waals surface area contributed by atoms with E-state index < -0.39 is 16.8 Å². The average Bonchev–Trinajstić information content (AvgIpc) is 3.15. The summed E-state index contributed by atoms with van der Waals surface area (Å²) < 4.78 is 26.0. The summed E-state index contributed by atoms with van der Waals surface area (Å²) in [5.74, 6) is -0.284. The minimum absolute atomic E-state index is 0.00110. The number of hydrogen-bond acceptors (Lipinski definition) is 8. The summed E-state index contributed by atoms with van der Waals surface area (Å²) in [6.45, 7) is 1.25. The minimum Gasteiger partial charge on any atom is -0.489 e. The lowest BCUT2D eigenvalue weighted by Gasteiger charge is -2.12. The molecule has 0 atom stereocenters. The lowest BCUT2D eigenvalue weighted by Crippen LogP contribution is -2.10. The Balaban J connectivity index is 1.84. The third-order valence-corrected chi connectivity index (χ3v) is 4.02. The number of pyridine rings is 1. The molecule has 13 heteroatoms. The van der Waals surface area contributed by atoms with Crippen LogP contribution in [-0.2, 0) is 18.0 Å². The smallest absolute Gasteiger partial charge is 0.410 e. The Morgan fingerprint density at radius 3 is 2.74 bits per heavy atom. The Kier molecular flexibility index (Phi) is 6.35. The standard InChI is InChI=1S/C18H17FN6O6/c1-10-20-9-24(23-10)14-5-11(6-15(25(28)29)17(14)30-2)7-31-8-13-12(19)3-4-16(21-13)22-18(26)27/h3-6,9H,7-8H2,1-2H3,(H,21,22)(H,26,27). The topological polar surface area (TPSA) is 155 Å². The summed E-state index contributed by atoms with van der Waals surface area (Å²) in [6, 6.07) is 5.08. The molecule has 0 unspecified atom stereocenters. The molecular weight excluding hydrogens is 415 g/mol. The van der Waals surface area contributed by atoms with Gasteiger partial charge in [-0.1, -0.05) is 0 Å². The van der Waals surface area contributed by atoms with Gasteiger partial charge in [0.05, 0.1) is 25.2 Å². The Morgan fingerprint density at radius 1 is 1.35 bits per heavy atom. The Hall–Kier alpha value is -4.13. The fourth-order valence-corrected chi connectivity index (χ4v) is 2.75. The van der Waals surface area contributed by atoms with Crippen molar-refractivity contribution >= 4 is 17.6 Å². The van der Waals surface area contributed by atoms with Crippen LogP contribution in [0.15, 0.2) is 30.6 Å². The van der Waals surface area contributed by atoms with E-state index in [4.69, 9.17) is 14.6 Å². The number of aromatic nitrogens is 4. The van der Waals surface area contributed by atoms with Gasteiger partial charge in [0.25, 0.3) is 0 Å². The molecule has 0 aliphatic carbocycles. The van der Waals surface area contributed by atoms with Gasteiger partial charge in [-0.15, -0.1) is 0 Å². The second-order valence-corrected chi connectivity index (χ2v) is 6.21. The third-order valence-electron chi connectivity index (χ3n) is 4.02. The second-order valence-electron chi connectivity index (χ2n) is 6.21. The number of aryl methyl sites for hydroxylation is 1. The van der Waals surface area contributed by atoms with Gasteiger partial charge in [0.1, 0.15) is 35.2 Å². The number of nitrogens with one attached hydrogen (secondary N) is 1. The average molecular weight is 432 g/mol. The van der Waals surface area contributed by atoms with E-state index in [0.29, 0.717) is 11.4 Å². The first-order valence-corrected chi connectivity index (χ1v) is 8.75. The molecule has 0 spiro atoms. The van der Waals surface area contributed by atoms with E-state index >= 15 is 0 Å². The number of carbonyl (C=O) groups is 1. The predicted octanol–water partition coefficient (Wildman–Crippen LogP) is 2.83. The van der Waals surface area contributed by atoms with E-state index in [1.807, 2.05) is 5.32 Å². The maximum Gasteiger partial charge on any atom is 0.410 e. The molecule has 0 saturated heterocycles. The first kappa shape index (κ1) is 21.6. The molecule has 0 bridgehead atoms. The van der Waals surface area contributed by atoms with Crippen LogP contribution in [0.4, 0.5) is 20.7 Å². The number of rotatable bonds is 8. The highest BCUT2D eigenvalue weighted by atomic mass is 19.1. The number of nitro groups is 1. The van der Waals surface area contributed by atoms with Gasteiger partial charge >= 0.3 is 11.8 Å². The van der Waals surface area contributed by atoms with E-state index in [1.165, 1.54) is 30.3 Å². The highest BCUT2D eigenvalue weighted by Crippen LogP contribution is 2.35. The first-order chi connectivity index (χ1) is 14.8. The summed E-state index contributed by atoms with van der Waals surface area (Å²) >= 11 is 0. The number of hydrogen-bond donors (Lipinski definition) is 2. The maximum absolute atomic E-state index is 13.9. The van der Waals surface area contributed by atoms with E-state index in [-0.39, 0.29) is 41.8 Å². The molecule has 0 saturated carbocycles. The highest BCUT2D eigenvalue weighted by Gasteiger charge is 2.23. The molecule has 2 N–H and O–H groups in total. The normalized spacial score (nSPS) is 10.7. The van der Waals surface area contributed by atoms with Crippen LogP contribution in [-0.4, -0.2) is 43.0 Å². The highest BCUT2D eigenvalue weighted by molar-refractivity contribution is 5.81. The molecule has 3 rings (SSSR count). The van der Waals surface area contributed by atoms with Crippen molar-refractivity contribution in [3.05, 3.63) is 63.6 Å². The van der Waals surface area contributed by atoms with Crippen LogP contribution in [0.1, 0.15) is 17.1 Å². The minimum atomic E-state index is -1.34. The number of benzene rings is 1. The maximum atomic E-state index is 13.9. The Labute approximate surface area is 174 Å². The van der Waals surface area contributed by atoms with Gasteiger partial charge in [0.2, 0.25) is 5.75 Å². The summed E-state index contributed by atoms with van der Waals surface area (Å²) in [6.07, 6.45) is 0.0503. The van der Waals surface area contributed by atoms with E-state index in [1.54, 1.807) is 13.0 Å². The van der Waals surface area contributed by atoms with Crippen molar-refractivity contribution in [3.63, 3.8) is 0 Å². The number of ether oxygens (including phenoxy) is 2.